The molecule has 0 fully saturated rings. The molecular weight excluding hydrogens is 468 g/mol. The van der Waals surface area contributed by atoms with Gasteiger partial charge in [-0.2, -0.15) is 0 Å². The number of aryl methyl sites for hydroxylation is 1. The number of fused-ring (bicyclic) bond motifs is 1. The fourth-order valence-electron chi connectivity index (χ4n) is 4.52. The van der Waals surface area contributed by atoms with Crippen LogP contribution in [0.3, 0.4) is 0 Å². The number of rotatable bonds is 6. The number of carbonyl (C=O) groups excluding carboxylic acids is 1. The van der Waals surface area contributed by atoms with Crippen molar-refractivity contribution in [3.63, 3.8) is 0 Å². The molecule has 4 rings (SSSR count). The molecule has 0 bridgehead atoms. The van der Waals surface area contributed by atoms with Crippen LogP contribution in [0.25, 0.3) is 11.1 Å². The molecule has 0 aliphatic carbocycles. The normalized spacial score (nSPS) is 13.4. The summed E-state index contributed by atoms with van der Waals surface area (Å²) in [6, 6.07) is 14.1. The molecule has 0 N–H and O–H groups in total. The van der Waals surface area contributed by atoms with E-state index in [2.05, 4.69) is 23.2 Å². The Labute approximate surface area is 219 Å². The zero-order chi connectivity index (χ0) is 26.6. The highest BCUT2D eigenvalue weighted by Gasteiger charge is 2.25. The first-order valence-electron chi connectivity index (χ1n) is 12.6. The van der Waals surface area contributed by atoms with E-state index in [0.717, 1.165) is 35.2 Å². The van der Waals surface area contributed by atoms with Crippen molar-refractivity contribution in [3.8, 4) is 28.4 Å². The van der Waals surface area contributed by atoms with Crippen LogP contribution in [0.4, 0.5) is 4.79 Å². The molecule has 1 aliphatic heterocycles. The number of hydrogen-bond acceptors (Lipinski definition) is 6. The number of amides is 1. The van der Waals surface area contributed by atoms with Gasteiger partial charge >= 0.3 is 6.09 Å². The number of carbonyl (C=O) groups is 1. The number of methoxy groups -OCH3 is 2. The van der Waals surface area contributed by atoms with Gasteiger partial charge in [0.15, 0.2) is 11.5 Å². The molecule has 0 saturated heterocycles. The molecule has 1 amide bonds. The molecule has 3 aromatic rings. The molecule has 1 aliphatic rings. The molecule has 2 heterocycles. The fraction of sp³-hybridized carbons (Fsp3) is 0.400. The van der Waals surface area contributed by atoms with Crippen LogP contribution in [0.2, 0.25) is 0 Å². The first kappa shape index (κ1) is 26.3. The van der Waals surface area contributed by atoms with Gasteiger partial charge < -0.3 is 23.8 Å². The molecular formula is C30H36N2O5. The van der Waals surface area contributed by atoms with Gasteiger partial charge in [-0.25, -0.2) is 4.79 Å². The number of pyridine rings is 1. The summed E-state index contributed by atoms with van der Waals surface area (Å²) in [6.07, 6.45) is 3.02. The third kappa shape index (κ3) is 6.34. The Kier molecular flexibility index (Phi) is 7.91. The van der Waals surface area contributed by atoms with Crippen LogP contribution >= 0.6 is 0 Å². The Hall–Kier alpha value is -3.74. The number of benzene rings is 2. The van der Waals surface area contributed by atoms with Gasteiger partial charge in [-0.3, -0.25) is 4.98 Å². The van der Waals surface area contributed by atoms with E-state index in [1.807, 2.05) is 52.0 Å². The topological polar surface area (TPSA) is 70.1 Å². The van der Waals surface area contributed by atoms with Gasteiger partial charge in [0.2, 0.25) is 0 Å². The molecule has 0 saturated carbocycles. The molecule has 2 aromatic carbocycles. The minimum absolute atomic E-state index is 0.268. The molecule has 7 heteroatoms. The summed E-state index contributed by atoms with van der Waals surface area (Å²) < 4.78 is 23.3. The summed E-state index contributed by atoms with van der Waals surface area (Å²) in [4.78, 5) is 18.9. The van der Waals surface area contributed by atoms with Crippen LogP contribution in [-0.2, 0) is 24.2 Å². The Morgan fingerprint density at radius 1 is 0.946 bits per heavy atom. The van der Waals surface area contributed by atoms with Crippen molar-refractivity contribution in [2.45, 2.75) is 52.7 Å². The summed E-state index contributed by atoms with van der Waals surface area (Å²) in [5.41, 5.74) is 5.68. The molecule has 0 spiro atoms. The molecule has 1 aromatic heterocycles. The minimum Gasteiger partial charge on any atom is -0.493 e. The fourth-order valence-corrected chi connectivity index (χ4v) is 4.52. The van der Waals surface area contributed by atoms with Crippen molar-refractivity contribution >= 4 is 6.09 Å². The Morgan fingerprint density at radius 2 is 1.68 bits per heavy atom. The van der Waals surface area contributed by atoms with Gasteiger partial charge in [-0.05, 0) is 87.1 Å². The molecule has 196 valence electrons. The third-order valence-electron chi connectivity index (χ3n) is 6.30. The highest BCUT2D eigenvalue weighted by molar-refractivity contribution is 5.80. The first-order valence-corrected chi connectivity index (χ1v) is 12.6. The highest BCUT2D eigenvalue weighted by Crippen LogP contribution is 2.45. The van der Waals surface area contributed by atoms with E-state index >= 15 is 0 Å². The van der Waals surface area contributed by atoms with Crippen molar-refractivity contribution in [3.05, 3.63) is 71.0 Å². The van der Waals surface area contributed by atoms with Crippen LogP contribution in [0, 0.1) is 6.92 Å². The second kappa shape index (κ2) is 11.1. The molecule has 0 unspecified atom stereocenters. The predicted molar refractivity (Wildman–Crippen MR) is 144 cm³/mol. The smallest absolute Gasteiger partial charge is 0.410 e. The van der Waals surface area contributed by atoms with Gasteiger partial charge in [-0.1, -0.05) is 18.2 Å². The van der Waals surface area contributed by atoms with Crippen LogP contribution < -0.4 is 14.2 Å². The highest BCUT2D eigenvalue weighted by atomic mass is 16.6. The monoisotopic (exact) mass is 504 g/mol. The van der Waals surface area contributed by atoms with Crippen LogP contribution in [0.1, 0.15) is 43.2 Å². The summed E-state index contributed by atoms with van der Waals surface area (Å²) in [6.45, 7) is 9.26. The maximum absolute atomic E-state index is 12.7. The Morgan fingerprint density at radius 3 is 2.35 bits per heavy atom. The SMILES string of the molecule is COc1ccc(OCc2cc(C)ccn2)c(-c2ccc3c(c2)CCN(C(=O)OC(C)(C)C)CC3)c1OC. The maximum atomic E-state index is 12.7. The summed E-state index contributed by atoms with van der Waals surface area (Å²) >= 11 is 0. The zero-order valence-electron chi connectivity index (χ0n) is 22.6. The second-order valence-electron chi connectivity index (χ2n) is 10.2. The predicted octanol–water partition coefficient (Wildman–Crippen LogP) is 5.99. The Balaban J connectivity index is 1.64. The average Bonchev–Trinajstić information content (AvgIpc) is 3.08. The average molecular weight is 505 g/mol. The second-order valence-corrected chi connectivity index (χ2v) is 10.2. The lowest BCUT2D eigenvalue weighted by Gasteiger charge is -2.26. The van der Waals surface area contributed by atoms with Gasteiger partial charge in [0.25, 0.3) is 0 Å². The van der Waals surface area contributed by atoms with E-state index in [1.54, 1.807) is 25.3 Å². The maximum Gasteiger partial charge on any atom is 0.410 e. The van der Waals surface area contributed by atoms with E-state index in [0.29, 0.717) is 36.9 Å². The van der Waals surface area contributed by atoms with Gasteiger partial charge in [0.05, 0.1) is 25.5 Å². The summed E-state index contributed by atoms with van der Waals surface area (Å²) in [5, 5.41) is 0. The lowest BCUT2D eigenvalue weighted by molar-refractivity contribution is 0.0258. The van der Waals surface area contributed by atoms with E-state index in [9.17, 15) is 4.79 Å². The van der Waals surface area contributed by atoms with Crippen LogP contribution in [-0.4, -0.2) is 48.9 Å². The number of nitrogens with zero attached hydrogens (tertiary/aromatic N) is 2. The van der Waals surface area contributed by atoms with Gasteiger partial charge in [0, 0.05) is 19.3 Å². The van der Waals surface area contributed by atoms with Crippen LogP contribution in [0.5, 0.6) is 17.2 Å². The zero-order valence-corrected chi connectivity index (χ0v) is 22.6. The molecule has 0 radical (unpaired) electrons. The van der Waals surface area contributed by atoms with Crippen molar-refractivity contribution in [1.82, 2.24) is 9.88 Å². The minimum atomic E-state index is -0.517. The lowest BCUT2D eigenvalue weighted by Crippen LogP contribution is -2.38. The van der Waals surface area contributed by atoms with Crippen molar-refractivity contribution in [2.24, 2.45) is 0 Å². The number of hydrogen-bond donors (Lipinski definition) is 0. The lowest BCUT2D eigenvalue weighted by atomic mass is 9.95. The third-order valence-corrected chi connectivity index (χ3v) is 6.30. The Bertz CT molecular complexity index is 1270. The first-order chi connectivity index (χ1) is 17.7. The van der Waals surface area contributed by atoms with E-state index in [1.165, 1.54) is 11.1 Å². The van der Waals surface area contributed by atoms with Crippen molar-refractivity contribution in [2.75, 3.05) is 27.3 Å². The van der Waals surface area contributed by atoms with Crippen LogP contribution in [0.15, 0.2) is 48.7 Å². The van der Waals surface area contributed by atoms with Crippen molar-refractivity contribution < 1.29 is 23.7 Å². The van der Waals surface area contributed by atoms with E-state index in [-0.39, 0.29) is 6.09 Å². The van der Waals surface area contributed by atoms with E-state index in [4.69, 9.17) is 18.9 Å². The molecule has 37 heavy (non-hydrogen) atoms. The van der Waals surface area contributed by atoms with E-state index < -0.39 is 5.60 Å². The van der Waals surface area contributed by atoms with Crippen molar-refractivity contribution in [1.29, 1.82) is 0 Å². The quantitative estimate of drug-likeness (QED) is 0.411. The number of aromatic nitrogens is 1. The largest absolute Gasteiger partial charge is 0.493 e. The molecule has 7 nitrogen and oxygen atoms in total. The summed E-state index contributed by atoms with van der Waals surface area (Å²) in [5.74, 6) is 1.93. The molecule has 0 atom stereocenters. The van der Waals surface area contributed by atoms with Gasteiger partial charge in [-0.15, -0.1) is 0 Å². The number of ether oxygens (including phenoxy) is 4. The summed E-state index contributed by atoms with van der Waals surface area (Å²) in [7, 11) is 3.26. The van der Waals surface area contributed by atoms with Gasteiger partial charge in [0.1, 0.15) is 18.0 Å². The standard InChI is InChI=1S/C30H36N2O5/c1-20-11-14-31-24(17-20)19-36-25-9-10-26(34-5)28(35-6)27(25)23-8-7-21-12-15-32(16-13-22(21)18-23)29(33)37-30(2,3)4/h7-11,14,17-18H,12-13,15-16,19H2,1-6H3.